The van der Waals surface area contributed by atoms with Crippen LogP contribution in [0.4, 0.5) is 10.1 Å². The quantitative estimate of drug-likeness (QED) is 0.353. The van der Waals surface area contributed by atoms with Gasteiger partial charge in [0.1, 0.15) is 5.82 Å². The molecule has 156 valence electrons. The number of carbonyl (C=O) groups excluding carboxylic acids is 2. The maximum Gasteiger partial charge on any atom is 0.343 e. The normalized spacial score (nSPS) is 14.9. The van der Waals surface area contributed by atoms with Crippen LogP contribution < -0.4 is 14.4 Å². The molecule has 1 fully saturated rings. The van der Waals surface area contributed by atoms with Gasteiger partial charge in [-0.3, -0.25) is 9.69 Å². The van der Waals surface area contributed by atoms with E-state index >= 15 is 0 Å². The Bertz CT molecular complexity index is 1060. The third kappa shape index (κ3) is 4.58. The molecule has 1 amide bonds. The zero-order valence-electron chi connectivity index (χ0n) is 15.8. The highest BCUT2D eigenvalue weighted by Crippen LogP contribution is 2.39. The van der Waals surface area contributed by atoms with Crippen molar-refractivity contribution in [3.05, 3.63) is 57.7 Å². The average molecular weight is 468 g/mol. The van der Waals surface area contributed by atoms with Crippen LogP contribution in [0.15, 0.2) is 41.3 Å². The molecule has 6 nitrogen and oxygen atoms in total. The number of halogens is 2. The molecule has 1 aliphatic heterocycles. The third-order valence-corrected chi connectivity index (χ3v) is 5.62. The largest absolute Gasteiger partial charge is 0.493 e. The van der Waals surface area contributed by atoms with Crippen molar-refractivity contribution in [2.24, 2.45) is 0 Å². The fourth-order valence-corrected chi connectivity index (χ4v) is 4.07. The summed E-state index contributed by atoms with van der Waals surface area (Å²) in [4.78, 5) is 26.0. The van der Waals surface area contributed by atoms with Crippen LogP contribution in [0.1, 0.15) is 5.56 Å². The van der Waals surface area contributed by atoms with Crippen molar-refractivity contribution in [2.75, 3.05) is 25.7 Å². The lowest BCUT2D eigenvalue weighted by Crippen LogP contribution is -2.27. The van der Waals surface area contributed by atoms with E-state index in [-0.39, 0.29) is 21.7 Å². The Kier molecular flexibility index (Phi) is 6.96. The van der Waals surface area contributed by atoms with Gasteiger partial charge in [-0.1, -0.05) is 47.7 Å². The van der Waals surface area contributed by atoms with Crippen molar-refractivity contribution in [3.8, 4) is 11.5 Å². The standard InChI is InChI=1S/C20H15ClFNO5S2/c1-26-15-5-3-4-11(18(15)28-10-17(24)27-2)8-16-19(25)23(20(29)30-16)12-6-7-14(22)13(21)9-12/h3-9H,10H2,1-2H3/b16-8+. The fourth-order valence-electron chi connectivity index (χ4n) is 2.61. The first-order valence-corrected chi connectivity index (χ1v) is 10.1. The van der Waals surface area contributed by atoms with Crippen molar-refractivity contribution in [1.29, 1.82) is 0 Å². The second-order valence-electron chi connectivity index (χ2n) is 5.86. The van der Waals surface area contributed by atoms with Crippen LogP contribution in [-0.4, -0.2) is 37.0 Å². The molecule has 0 unspecified atom stereocenters. The minimum absolute atomic E-state index is 0.114. The Morgan fingerprint density at radius 2 is 2.07 bits per heavy atom. The van der Waals surface area contributed by atoms with E-state index in [1.165, 1.54) is 37.3 Å². The first kappa shape index (κ1) is 22.1. The van der Waals surface area contributed by atoms with Gasteiger partial charge in [0.2, 0.25) is 0 Å². The number of benzene rings is 2. The molecule has 0 aliphatic carbocycles. The molecule has 0 aromatic heterocycles. The molecule has 0 atom stereocenters. The number of anilines is 1. The lowest BCUT2D eigenvalue weighted by atomic mass is 10.1. The van der Waals surface area contributed by atoms with E-state index in [1.54, 1.807) is 24.3 Å². The number of nitrogens with zero attached hydrogens (tertiary/aromatic N) is 1. The molecule has 1 aliphatic rings. The summed E-state index contributed by atoms with van der Waals surface area (Å²) >= 11 is 12.2. The second-order valence-corrected chi connectivity index (χ2v) is 7.94. The summed E-state index contributed by atoms with van der Waals surface area (Å²) in [5.74, 6) is -0.889. The van der Waals surface area contributed by atoms with E-state index in [0.717, 1.165) is 11.8 Å². The molecule has 0 bridgehead atoms. The Morgan fingerprint density at radius 3 is 2.73 bits per heavy atom. The van der Waals surface area contributed by atoms with Crippen molar-refractivity contribution < 1.29 is 28.2 Å². The Balaban J connectivity index is 1.95. The van der Waals surface area contributed by atoms with Crippen LogP contribution in [-0.2, 0) is 14.3 Å². The van der Waals surface area contributed by atoms with E-state index in [1.807, 2.05) is 0 Å². The van der Waals surface area contributed by atoms with Crippen LogP contribution in [0.3, 0.4) is 0 Å². The van der Waals surface area contributed by atoms with Gasteiger partial charge in [0.05, 0.1) is 29.8 Å². The molecule has 30 heavy (non-hydrogen) atoms. The topological polar surface area (TPSA) is 65.1 Å². The van der Waals surface area contributed by atoms with E-state index in [0.29, 0.717) is 21.9 Å². The van der Waals surface area contributed by atoms with Gasteiger partial charge in [-0.15, -0.1) is 0 Å². The zero-order chi connectivity index (χ0) is 21.8. The molecule has 0 radical (unpaired) electrons. The molecular formula is C20H15ClFNO5S2. The SMILES string of the molecule is COC(=O)COc1c(/C=C2/SC(=S)N(c3ccc(F)c(Cl)c3)C2=O)cccc1OC. The van der Waals surface area contributed by atoms with Gasteiger partial charge in [-0.05, 0) is 30.3 Å². The van der Waals surface area contributed by atoms with E-state index < -0.39 is 17.7 Å². The minimum atomic E-state index is -0.592. The summed E-state index contributed by atoms with van der Waals surface area (Å²) in [6.45, 7) is -0.327. The smallest absolute Gasteiger partial charge is 0.343 e. The number of amides is 1. The van der Waals surface area contributed by atoms with Gasteiger partial charge in [0.25, 0.3) is 5.91 Å². The minimum Gasteiger partial charge on any atom is -0.493 e. The first-order chi connectivity index (χ1) is 14.3. The van der Waals surface area contributed by atoms with Crippen LogP contribution >= 0.6 is 35.6 Å². The lowest BCUT2D eigenvalue weighted by Gasteiger charge is -2.15. The molecule has 0 saturated carbocycles. The molecule has 0 spiro atoms. The first-order valence-electron chi connectivity index (χ1n) is 8.45. The summed E-state index contributed by atoms with van der Waals surface area (Å²) in [5.41, 5.74) is 0.871. The Hall–Kier alpha value is -2.62. The Morgan fingerprint density at radius 1 is 1.30 bits per heavy atom. The highest BCUT2D eigenvalue weighted by molar-refractivity contribution is 8.27. The zero-order valence-corrected chi connectivity index (χ0v) is 18.2. The number of thioether (sulfide) groups is 1. The number of rotatable bonds is 6. The van der Waals surface area contributed by atoms with E-state index in [9.17, 15) is 14.0 Å². The lowest BCUT2D eigenvalue weighted by molar-refractivity contribution is -0.142. The van der Waals surface area contributed by atoms with Crippen molar-refractivity contribution >= 4 is 63.5 Å². The number of hydrogen-bond donors (Lipinski definition) is 0. The Labute approximate surface area is 186 Å². The number of thiocarbonyl (C=S) groups is 1. The highest BCUT2D eigenvalue weighted by atomic mass is 35.5. The summed E-state index contributed by atoms with van der Waals surface area (Å²) < 4.78 is 29.2. The van der Waals surface area contributed by atoms with Gasteiger partial charge in [0, 0.05) is 5.56 Å². The summed E-state index contributed by atoms with van der Waals surface area (Å²) in [7, 11) is 2.71. The molecule has 1 heterocycles. The van der Waals surface area contributed by atoms with Gasteiger partial charge < -0.3 is 14.2 Å². The maximum absolute atomic E-state index is 13.5. The van der Waals surface area contributed by atoms with Crippen molar-refractivity contribution in [1.82, 2.24) is 0 Å². The maximum atomic E-state index is 13.5. The van der Waals surface area contributed by atoms with Gasteiger partial charge >= 0.3 is 5.97 Å². The fraction of sp³-hybridized carbons (Fsp3) is 0.150. The van der Waals surface area contributed by atoms with Crippen LogP contribution in [0.25, 0.3) is 6.08 Å². The molecule has 2 aromatic rings. The summed E-state index contributed by atoms with van der Waals surface area (Å²) in [6.07, 6.45) is 1.58. The van der Waals surface area contributed by atoms with Crippen LogP contribution in [0.5, 0.6) is 11.5 Å². The molecule has 3 rings (SSSR count). The number of ether oxygens (including phenoxy) is 3. The van der Waals surface area contributed by atoms with Crippen molar-refractivity contribution in [2.45, 2.75) is 0 Å². The van der Waals surface area contributed by atoms with Gasteiger partial charge in [0.15, 0.2) is 22.4 Å². The molecule has 2 aromatic carbocycles. The summed E-state index contributed by atoms with van der Waals surface area (Å²) in [6, 6.07) is 9.01. The average Bonchev–Trinajstić information content (AvgIpc) is 3.01. The van der Waals surface area contributed by atoms with Crippen LogP contribution in [0.2, 0.25) is 5.02 Å². The predicted molar refractivity (Wildman–Crippen MR) is 118 cm³/mol. The molecule has 1 saturated heterocycles. The number of para-hydroxylation sites is 1. The van der Waals surface area contributed by atoms with Crippen LogP contribution in [0, 0.1) is 5.82 Å². The van der Waals surface area contributed by atoms with Gasteiger partial charge in [-0.25, -0.2) is 9.18 Å². The van der Waals surface area contributed by atoms with Crippen molar-refractivity contribution in [3.63, 3.8) is 0 Å². The molecule has 10 heteroatoms. The predicted octanol–water partition coefficient (Wildman–Crippen LogP) is 4.45. The molecular weight excluding hydrogens is 453 g/mol. The number of carbonyl (C=O) groups is 2. The third-order valence-electron chi connectivity index (χ3n) is 4.03. The van der Waals surface area contributed by atoms with E-state index in [2.05, 4.69) is 4.74 Å². The summed E-state index contributed by atoms with van der Waals surface area (Å²) in [5, 5.41) is -0.114. The van der Waals surface area contributed by atoms with Gasteiger partial charge in [-0.2, -0.15) is 0 Å². The second kappa shape index (κ2) is 9.46. The molecule has 0 N–H and O–H groups in total. The number of hydrogen-bond acceptors (Lipinski definition) is 7. The highest BCUT2D eigenvalue weighted by Gasteiger charge is 2.34. The number of methoxy groups -OCH3 is 2. The monoisotopic (exact) mass is 467 g/mol. The number of esters is 1. The van der Waals surface area contributed by atoms with E-state index in [4.69, 9.17) is 33.3 Å².